The van der Waals surface area contributed by atoms with Crippen molar-refractivity contribution in [1.29, 1.82) is 0 Å². The summed E-state index contributed by atoms with van der Waals surface area (Å²) >= 11 is 12.0. The van der Waals surface area contributed by atoms with E-state index in [9.17, 15) is 4.79 Å². The number of H-pyrrole nitrogens is 1. The third-order valence-electron chi connectivity index (χ3n) is 8.35. The number of halogens is 2. The summed E-state index contributed by atoms with van der Waals surface area (Å²) in [4.78, 5) is 18.3. The lowest BCUT2D eigenvalue weighted by Crippen LogP contribution is -2.37. The molecule has 1 aliphatic carbocycles. The maximum Gasteiger partial charge on any atom is 0.243 e. The van der Waals surface area contributed by atoms with Crippen LogP contribution in [-0.4, -0.2) is 42.0 Å². The van der Waals surface area contributed by atoms with Crippen LogP contribution in [0.1, 0.15) is 62.0 Å². The average Bonchev–Trinajstić information content (AvgIpc) is 3.35. The molecule has 0 bridgehead atoms. The van der Waals surface area contributed by atoms with Crippen molar-refractivity contribution in [3.05, 3.63) is 75.9 Å². The average molecular weight is 539 g/mol. The minimum atomic E-state index is -0.0594. The molecule has 2 N–H and O–H groups in total. The molecule has 0 unspecified atom stereocenters. The van der Waals surface area contributed by atoms with E-state index in [0.717, 1.165) is 30.4 Å². The lowest BCUT2D eigenvalue weighted by molar-refractivity contribution is -0.116. The van der Waals surface area contributed by atoms with Crippen LogP contribution < -0.4 is 5.32 Å². The molecule has 196 valence electrons. The smallest absolute Gasteiger partial charge is 0.243 e. The van der Waals surface area contributed by atoms with Crippen molar-refractivity contribution in [2.45, 2.75) is 50.9 Å². The normalized spacial score (nSPS) is 21.6. The summed E-state index contributed by atoms with van der Waals surface area (Å²) in [6.07, 6.45) is 14.4. The molecule has 3 aromatic rings. The highest BCUT2D eigenvalue weighted by Gasteiger charge is 2.27. The van der Waals surface area contributed by atoms with Crippen LogP contribution in [0, 0.1) is 11.8 Å². The van der Waals surface area contributed by atoms with Crippen LogP contribution in [0.3, 0.4) is 0 Å². The van der Waals surface area contributed by atoms with Gasteiger partial charge < -0.3 is 15.2 Å². The molecule has 0 atom stereocenters. The maximum atomic E-state index is 12.2. The molecule has 1 amide bonds. The van der Waals surface area contributed by atoms with E-state index in [1.54, 1.807) is 24.3 Å². The number of rotatable bonds is 8. The van der Waals surface area contributed by atoms with Crippen LogP contribution in [0.25, 0.3) is 17.0 Å². The van der Waals surface area contributed by atoms with Gasteiger partial charge in [0.05, 0.1) is 10.0 Å². The first-order valence-corrected chi connectivity index (χ1v) is 14.5. The lowest BCUT2D eigenvalue weighted by atomic mass is 9.80. The fraction of sp³-hybridized carbons (Fsp3) is 0.452. The van der Waals surface area contributed by atoms with Crippen LogP contribution in [-0.2, 0) is 4.79 Å². The van der Waals surface area contributed by atoms with Gasteiger partial charge in [0.2, 0.25) is 5.91 Å². The molecule has 0 spiro atoms. The summed E-state index contributed by atoms with van der Waals surface area (Å²) < 4.78 is 0. The number of carbonyl (C=O) groups is 1. The number of fused-ring (bicyclic) bond motifs is 1. The second kappa shape index (κ2) is 12.5. The Labute approximate surface area is 230 Å². The third-order valence-corrected chi connectivity index (χ3v) is 9.09. The molecule has 1 aromatic heterocycles. The minimum absolute atomic E-state index is 0.0594. The van der Waals surface area contributed by atoms with Crippen molar-refractivity contribution in [2.24, 2.45) is 11.8 Å². The summed E-state index contributed by atoms with van der Waals surface area (Å²) in [5.74, 6) is 2.17. The van der Waals surface area contributed by atoms with Gasteiger partial charge in [-0.3, -0.25) is 4.79 Å². The second-order valence-corrected chi connectivity index (χ2v) is 11.7. The van der Waals surface area contributed by atoms with Gasteiger partial charge in [-0.05, 0) is 98.3 Å². The molecule has 2 aliphatic rings. The zero-order valence-electron chi connectivity index (χ0n) is 21.4. The fourth-order valence-corrected chi connectivity index (χ4v) is 6.48. The van der Waals surface area contributed by atoms with E-state index in [-0.39, 0.29) is 5.91 Å². The van der Waals surface area contributed by atoms with E-state index in [4.69, 9.17) is 23.2 Å². The molecule has 2 fully saturated rings. The summed E-state index contributed by atoms with van der Waals surface area (Å²) in [7, 11) is 0. The quantitative estimate of drug-likeness (QED) is 0.289. The van der Waals surface area contributed by atoms with E-state index in [1.165, 1.54) is 74.6 Å². The largest absolute Gasteiger partial charge is 0.361 e. The third kappa shape index (κ3) is 6.98. The number of benzene rings is 2. The first-order chi connectivity index (χ1) is 18.0. The number of amides is 1. The van der Waals surface area contributed by atoms with Crippen molar-refractivity contribution in [1.82, 2.24) is 15.2 Å². The van der Waals surface area contributed by atoms with Crippen LogP contribution in [0.4, 0.5) is 0 Å². The van der Waals surface area contributed by atoms with Crippen LogP contribution in [0.2, 0.25) is 10.0 Å². The number of nitrogens with one attached hydrogen (secondary N) is 2. The number of hydrogen-bond acceptors (Lipinski definition) is 2. The molecule has 6 heteroatoms. The Morgan fingerprint density at radius 1 is 0.973 bits per heavy atom. The fourth-order valence-electron chi connectivity index (χ4n) is 6.17. The summed E-state index contributed by atoms with van der Waals surface area (Å²) in [6.45, 7) is 4.42. The van der Waals surface area contributed by atoms with Gasteiger partial charge in [0.1, 0.15) is 0 Å². The highest BCUT2D eigenvalue weighted by molar-refractivity contribution is 6.42. The molecule has 1 aliphatic heterocycles. The Hall–Kier alpha value is -2.27. The number of likely N-dealkylation sites (tertiary alicyclic amines) is 1. The number of para-hydroxylation sites is 1. The van der Waals surface area contributed by atoms with E-state index in [2.05, 4.69) is 45.7 Å². The Balaban J connectivity index is 0.976. The van der Waals surface area contributed by atoms with Crippen molar-refractivity contribution in [3.63, 3.8) is 0 Å². The maximum absolute atomic E-state index is 12.2. The molecular formula is C31H37Cl2N3O. The number of hydrogen-bond donors (Lipinski definition) is 2. The number of piperidine rings is 1. The number of nitrogens with zero attached hydrogens (tertiary/aromatic N) is 1. The van der Waals surface area contributed by atoms with Gasteiger partial charge in [-0.15, -0.1) is 0 Å². The Morgan fingerprint density at radius 3 is 2.51 bits per heavy atom. The number of aromatic amines is 1. The van der Waals surface area contributed by atoms with E-state index >= 15 is 0 Å². The topological polar surface area (TPSA) is 48.1 Å². The number of carbonyl (C=O) groups excluding carboxylic acids is 1. The van der Waals surface area contributed by atoms with Crippen molar-refractivity contribution in [2.75, 3.05) is 26.2 Å². The van der Waals surface area contributed by atoms with Gasteiger partial charge >= 0.3 is 0 Å². The molecule has 1 saturated heterocycles. The highest BCUT2D eigenvalue weighted by atomic mass is 35.5. The highest BCUT2D eigenvalue weighted by Crippen LogP contribution is 2.35. The monoisotopic (exact) mass is 537 g/mol. The molecule has 0 radical (unpaired) electrons. The second-order valence-electron chi connectivity index (χ2n) is 10.8. The molecule has 2 aromatic carbocycles. The Morgan fingerprint density at radius 2 is 1.73 bits per heavy atom. The standard InChI is InChI=1S/C31H37Cl2N3O/c32-28-11-9-23(19-29(28)33)10-12-31(37)34-16-13-22-5-7-24(8-6-22)21-36-17-14-25(15-18-36)27-20-35-30-4-2-1-3-26(27)30/h1-4,9-12,19-20,22,24-25,35H,5-8,13-18,21H2,(H,34,37)/b12-10+. The molecule has 4 nitrogen and oxygen atoms in total. The lowest BCUT2D eigenvalue weighted by Gasteiger charge is -2.36. The summed E-state index contributed by atoms with van der Waals surface area (Å²) in [6, 6.07) is 14.0. The first kappa shape index (κ1) is 26.3. The molecule has 37 heavy (non-hydrogen) atoms. The first-order valence-electron chi connectivity index (χ1n) is 13.7. The molecule has 1 saturated carbocycles. The van der Waals surface area contributed by atoms with Crippen molar-refractivity contribution in [3.8, 4) is 0 Å². The summed E-state index contributed by atoms with van der Waals surface area (Å²) in [5, 5.41) is 5.45. The van der Waals surface area contributed by atoms with Gasteiger partial charge in [-0.2, -0.15) is 0 Å². The van der Waals surface area contributed by atoms with Gasteiger partial charge in [0.25, 0.3) is 0 Å². The predicted octanol–water partition coefficient (Wildman–Crippen LogP) is 7.68. The SMILES string of the molecule is O=C(/C=C/c1ccc(Cl)c(Cl)c1)NCCC1CCC(CN2CCC(c3c[nH]c4ccccc34)CC2)CC1. The molecule has 5 rings (SSSR count). The van der Waals surface area contributed by atoms with Gasteiger partial charge in [0, 0.05) is 36.3 Å². The van der Waals surface area contributed by atoms with Gasteiger partial charge in [-0.25, -0.2) is 0 Å². The van der Waals surface area contributed by atoms with Gasteiger partial charge in [-0.1, -0.05) is 60.3 Å². The van der Waals surface area contributed by atoms with E-state index in [1.807, 2.05) is 6.07 Å². The zero-order chi connectivity index (χ0) is 25.6. The minimum Gasteiger partial charge on any atom is -0.361 e. The predicted molar refractivity (Wildman–Crippen MR) is 155 cm³/mol. The van der Waals surface area contributed by atoms with Crippen LogP contribution in [0.5, 0.6) is 0 Å². The Kier molecular flexibility index (Phi) is 8.91. The van der Waals surface area contributed by atoms with Crippen molar-refractivity contribution < 1.29 is 4.79 Å². The van der Waals surface area contributed by atoms with E-state index in [0.29, 0.717) is 16.0 Å². The Bertz CT molecular complexity index is 1220. The van der Waals surface area contributed by atoms with Gasteiger partial charge in [0.15, 0.2) is 0 Å². The zero-order valence-corrected chi connectivity index (χ0v) is 22.9. The van der Waals surface area contributed by atoms with E-state index < -0.39 is 0 Å². The summed E-state index contributed by atoms with van der Waals surface area (Å²) in [5.41, 5.74) is 3.63. The molecular weight excluding hydrogens is 501 g/mol. The number of aromatic nitrogens is 1. The molecule has 2 heterocycles. The van der Waals surface area contributed by atoms with Crippen molar-refractivity contribution >= 4 is 46.1 Å². The van der Waals surface area contributed by atoms with Crippen LogP contribution >= 0.6 is 23.2 Å². The van der Waals surface area contributed by atoms with Crippen LogP contribution in [0.15, 0.2) is 54.7 Å².